The first-order valence-electron chi connectivity index (χ1n) is 5.30. The van der Waals surface area contributed by atoms with Crippen LogP contribution in [0, 0.1) is 0 Å². The first-order valence-corrected chi connectivity index (χ1v) is 5.68. The standard InChI is InChI=1S/C11H14ClN5/c1-7-15-10(13)17-11(16-7)14-6-8-2-4-9(12)5-3-8/h2-5,7H,6H2,1H3,(H4,13,14,15,16,17). The van der Waals surface area contributed by atoms with Gasteiger partial charge in [0.05, 0.1) is 0 Å². The van der Waals surface area contributed by atoms with E-state index in [1.54, 1.807) is 0 Å². The van der Waals surface area contributed by atoms with Gasteiger partial charge in [-0.05, 0) is 24.6 Å². The molecule has 1 aromatic rings. The summed E-state index contributed by atoms with van der Waals surface area (Å²) in [4.78, 5) is 8.30. The molecule has 1 aliphatic rings. The predicted octanol–water partition coefficient (Wildman–Crippen LogP) is 1.05. The summed E-state index contributed by atoms with van der Waals surface area (Å²) in [5.74, 6) is 1.02. The maximum absolute atomic E-state index is 5.81. The Kier molecular flexibility index (Phi) is 3.49. The van der Waals surface area contributed by atoms with Gasteiger partial charge in [-0.1, -0.05) is 23.7 Å². The summed E-state index contributed by atoms with van der Waals surface area (Å²) < 4.78 is 0. The highest BCUT2D eigenvalue weighted by Gasteiger charge is 2.09. The molecule has 5 nitrogen and oxygen atoms in total. The van der Waals surface area contributed by atoms with E-state index in [0.29, 0.717) is 18.5 Å². The summed E-state index contributed by atoms with van der Waals surface area (Å²) in [5.41, 5.74) is 6.72. The maximum atomic E-state index is 5.81. The smallest absolute Gasteiger partial charge is 0.200 e. The van der Waals surface area contributed by atoms with E-state index in [1.807, 2.05) is 31.2 Å². The lowest BCUT2D eigenvalue weighted by atomic mass is 10.2. The first kappa shape index (κ1) is 11.7. The lowest BCUT2D eigenvalue weighted by molar-refractivity contribution is 0.739. The minimum absolute atomic E-state index is 0.149. The molecule has 0 saturated carbocycles. The van der Waals surface area contributed by atoms with Crippen LogP contribution in [-0.4, -0.2) is 18.1 Å². The van der Waals surface area contributed by atoms with Crippen LogP contribution >= 0.6 is 11.6 Å². The van der Waals surface area contributed by atoms with Crippen molar-refractivity contribution in [3.8, 4) is 0 Å². The Morgan fingerprint density at radius 1 is 1.35 bits per heavy atom. The van der Waals surface area contributed by atoms with Gasteiger partial charge in [0.15, 0.2) is 5.96 Å². The second-order valence-corrected chi connectivity index (χ2v) is 4.17. The highest BCUT2D eigenvalue weighted by molar-refractivity contribution is 6.30. The molecule has 17 heavy (non-hydrogen) atoms. The van der Waals surface area contributed by atoms with Gasteiger partial charge in [-0.25, -0.2) is 9.98 Å². The number of halogens is 1. The fourth-order valence-corrected chi connectivity index (χ4v) is 1.61. The molecule has 0 aromatic heterocycles. The van der Waals surface area contributed by atoms with Gasteiger partial charge in [0.2, 0.25) is 5.96 Å². The predicted molar refractivity (Wildman–Crippen MR) is 69.9 cm³/mol. The van der Waals surface area contributed by atoms with Crippen molar-refractivity contribution in [2.24, 2.45) is 15.7 Å². The van der Waals surface area contributed by atoms with Crippen LogP contribution in [-0.2, 0) is 6.54 Å². The molecule has 6 heteroatoms. The van der Waals surface area contributed by atoms with Gasteiger partial charge < -0.3 is 11.1 Å². The lowest BCUT2D eigenvalue weighted by Crippen LogP contribution is -2.47. The van der Waals surface area contributed by atoms with Crippen LogP contribution in [0.15, 0.2) is 34.3 Å². The summed E-state index contributed by atoms with van der Waals surface area (Å²) in [5, 5.41) is 6.75. The molecule has 0 bridgehead atoms. The van der Waals surface area contributed by atoms with E-state index in [2.05, 4.69) is 20.6 Å². The molecule has 1 heterocycles. The van der Waals surface area contributed by atoms with Gasteiger partial charge in [-0.2, -0.15) is 0 Å². The number of rotatable bonds is 2. The van der Waals surface area contributed by atoms with Crippen molar-refractivity contribution in [3.05, 3.63) is 34.9 Å². The first-order chi connectivity index (χ1) is 8.13. The third kappa shape index (κ3) is 3.35. The molecule has 4 N–H and O–H groups in total. The van der Waals surface area contributed by atoms with Gasteiger partial charge in [0.1, 0.15) is 6.17 Å². The van der Waals surface area contributed by atoms with E-state index in [4.69, 9.17) is 17.3 Å². The van der Waals surface area contributed by atoms with Crippen molar-refractivity contribution in [2.45, 2.75) is 19.6 Å². The SMILES string of the molecule is CC1N=C(N)NC(NCc2ccc(Cl)cc2)=N1. The van der Waals surface area contributed by atoms with Crippen molar-refractivity contribution in [2.75, 3.05) is 0 Å². The van der Waals surface area contributed by atoms with Crippen molar-refractivity contribution >= 4 is 23.5 Å². The largest absolute Gasteiger partial charge is 0.370 e. The van der Waals surface area contributed by atoms with Crippen LogP contribution in [0.3, 0.4) is 0 Å². The molecule has 0 aliphatic carbocycles. The minimum atomic E-state index is -0.149. The van der Waals surface area contributed by atoms with Crippen molar-refractivity contribution in [1.29, 1.82) is 0 Å². The third-order valence-corrected chi connectivity index (χ3v) is 2.51. The summed E-state index contributed by atoms with van der Waals surface area (Å²) in [7, 11) is 0. The number of aliphatic imine (C=N–C) groups is 2. The Morgan fingerprint density at radius 2 is 2.06 bits per heavy atom. The van der Waals surface area contributed by atoms with Crippen molar-refractivity contribution in [3.63, 3.8) is 0 Å². The monoisotopic (exact) mass is 251 g/mol. The molecule has 1 aliphatic heterocycles. The zero-order chi connectivity index (χ0) is 12.3. The number of guanidine groups is 2. The molecule has 1 aromatic carbocycles. The Labute approximate surface area is 105 Å². The number of nitrogens with one attached hydrogen (secondary N) is 2. The molecule has 0 amide bonds. The fourth-order valence-electron chi connectivity index (χ4n) is 1.48. The molecule has 0 fully saturated rings. The normalized spacial score (nSPS) is 19.1. The second-order valence-electron chi connectivity index (χ2n) is 3.73. The van der Waals surface area contributed by atoms with Gasteiger partial charge in [0.25, 0.3) is 0 Å². The van der Waals surface area contributed by atoms with Crippen LogP contribution in [0.25, 0.3) is 0 Å². The topological polar surface area (TPSA) is 74.8 Å². The zero-order valence-corrected chi connectivity index (χ0v) is 10.2. The number of nitrogens with zero attached hydrogens (tertiary/aromatic N) is 2. The van der Waals surface area contributed by atoms with Gasteiger partial charge in [0, 0.05) is 11.6 Å². The molecule has 1 unspecified atom stereocenters. The van der Waals surface area contributed by atoms with Crippen LogP contribution in [0.4, 0.5) is 0 Å². The molecule has 0 spiro atoms. The van der Waals surface area contributed by atoms with E-state index in [0.717, 1.165) is 10.6 Å². The molecule has 0 saturated heterocycles. The van der Waals surface area contributed by atoms with Gasteiger partial charge >= 0.3 is 0 Å². The summed E-state index contributed by atoms with van der Waals surface area (Å²) in [6.07, 6.45) is -0.149. The highest BCUT2D eigenvalue weighted by atomic mass is 35.5. The van der Waals surface area contributed by atoms with Gasteiger partial charge in [-0.3, -0.25) is 5.32 Å². The summed E-state index contributed by atoms with van der Waals surface area (Å²) >= 11 is 5.81. The molecule has 90 valence electrons. The molecule has 1 atom stereocenters. The number of benzene rings is 1. The molecule has 0 radical (unpaired) electrons. The fraction of sp³-hybridized carbons (Fsp3) is 0.273. The van der Waals surface area contributed by atoms with Gasteiger partial charge in [-0.15, -0.1) is 0 Å². The number of hydrogen-bond donors (Lipinski definition) is 3. The second kappa shape index (κ2) is 5.05. The average molecular weight is 252 g/mol. The third-order valence-electron chi connectivity index (χ3n) is 2.26. The zero-order valence-electron chi connectivity index (χ0n) is 9.44. The highest BCUT2D eigenvalue weighted by Crippen LogP contribution is 2.09. The number of nitrogens with two attached hydrogens (primary N) is 1. The van der Waals surface area contributed by atoms with Crippen LogP contribution in [0.2, 0.25) is 5.02 Å². The van der Waals surface area contributed by atoms with Crippen LogP contribution in [0.5, 0.6) is 0 Å². The van der Waals surface area contributed by atoms with Crippen LogP contribution < -0.4 is 16.4 Å². The lowest BCUT2D eigenvalue weighted by Gasteiger charge is -2.17. The quantitative estimate of drug-likeness (QED) is 0.736. The molecule has 2 rings (SSSR count). The van der Waals surface area contributed by atoms with Crippen LogP contribution in [0.1, 0.15) is 12.5 Å². The Balaban J connectivity index is 1.93. The minimum Gasteiger partial charge on any atom is -0.370 e. The van der Waals surface area contributed by atoms with E-state index >= 15 is 0 Å². The van der Waals surface area contributed by atoms with E-state index < -0.39 is 0 Å². The average Bonchev–Trinajstić information content (AvgIpc) is 2.27. The van der Waals surface area contributed by atoms with Crippen molar-refractivity contribution < 1.29 is 0 Å². The van der Waals surface area contributed by atoms with E-state index in [-0.39, 0.29) is 6.17 Å². The summed E-state index contributed by atoms with van der Waals surface area (Å²) in [6.45, 7) is 2.53. The van der Waals surface area contributed by atoms with Crippen molar-refractivity contribution in [1.82, 2.24) is 10.6 Å². The number of hydrogen-bond acceptors (Lipinski definition) is 5. The molecular formula is C11H14ClN5. The maximum Gasteiger partial charge on any atom is 0.200 e. The molecular weight excluding hydrogens is 238 g/mol. The Morgan fingerprint density at radius 3 is 2.71 bits per heavy atom. The Bertz CT molecular complexity index is 451. The Hall–Kier alpha value is -1.75. The van der Waals surface area contributed by atoms with E-state index in [1.165, 1.54) is 0 Å². The summed E-state index contributed by atoms with van der Waals surface area (Å²) in [6, 6.07) is 7.62. The van der Waals surface area contributed by atoms with E-state index in [9.17, 15) is 0 Å².